The fraction of sp³-hybridized carbons (Fsp3) is 0.867. The molecule has 2 aliphatic heterocycles. The molecule has 1 unspecified atom stereocenters. The molecular weight excluding hydrogens is 252 g/mol. The highest BCUT2D eigenvalue weighted by Gasteiger charge is 2.31. The quantitative estimate of drug-likeness (QED) is 0.920. The third-order valence-electron chi connectivity index (χ3n) is 4.65. The first-order valence-corrected chi connectivity index (χ1v) is 8.05. The molecule has 5 nitrogen and oxygen atoms in total. The summed E-state index contributed by atoms with van der Waals surface area (Å²) in [5.74, 6) is 2.22. The molecule has 0 bridgehead atoms. The maximum atomic E-state index is 5.57. The van der Waals surface area contributed by atoms with Crippen molar-refractivity contribution in [3.05, 3.63) is 11.7 Å². The van der Waals surface area contributed by atoms with Crippen LogP contribution in [0.2, 0.25) is 0 Å². The van der Waals surface area contributed by atoms with Gasteiger partial charge in [0.1, 0.15) is 0 Å². The molecule has 0 amide bonds. The van der Waals surface area contributed by atoms with Crippen molar-refractivity contribution in [3.63, 3.8) is 0 Å². The Labute approximate surface area is 121 Å². The number of nitrogens with one attached hydrogen (secondary N) is 1. The Morgan fingerprint density at radius 2 is 2.00 bits per heavy atom. The van der Waals surface area contributed by atoms with Crippen LogP contribution in [0.4, 0.5) is 0 Å². The lowest BCUT2D eigenvalue weighted by Crippen LogP contribution is -2.39. The minimum Gasteiger partial charge on any atom is -0.339 e. The molecule has 0 spiro atoms. The molecule has 0 aromatic carbocycles. The van der Waals surface area contributed by atoms with Crippen molar-refractivity contribution >= 4 is 0 Å². The van der Waals surface area contributed by atoms with Crippen LogP contribution >= 0.6 is 0 Å². The van der Waals surface area contributed by atoms with Crippen LogP contribution < -0.4 is 5.32 Å². The van der Waals surface area contributed by atoms with Gasteiger partial charge in [0, 0.05) is 12.0 Å². The SMILES string of the molecule is CC(C)N1CCCCC1c1noc(C2CCNCC2)n1. The van der Waals surface area contributed by atoms with Gasteiger partial charge in [0.05, 0.1) is 6.04 Å². The number of piperidine rings is 2. The van der Waals surface area contributed by atoms with Gasteiger partial charge in [-0.05, 0) is 59.2 Å². The van der Waals surface area contributed by atoms with Gasteiger partial charge in [0.25, 0.3) is 0 Å². The highest BCUT2D eigenvalue weighted by Crippen LogP contribution is 2.32. The number of hydrogen-bond donors (Lipinski definition) is 1. The summed E-state index contributed by atoms with van der Waals surface area (Å²) in [6.07, 6.45) is 5.93. The fourth-order valence-electron chi connectivity index (χ4n) is 3.47. The first kappa shape index (κ1) is 14.0. The average molecular weight is 278 g/mol. The van der Waals surface area contributed by atoms with Crippen LogP contribution in [-0.2, 0) is 0 Å². The molecule has 2 saturated heterocycles. The van der Waals surface area contributed by atoms with Crippen molar-refractivity contribution in [2.75, 3.05) is 19.6 Å². The van der Waals surface area contributed by atoms with E-state index in [2.05, 4.69) is 29.2 Å². The molecule has 3 heterocycles. The summed E-state index contributed by atoms with van der Waals surface area (Å²) >= 11 is 0. The van der Waals surface area contributed by atoms with Crippen LogP contribution in [0.1, 0.15) is 69.6 Å². The number of aromatic nitrogens is 2. The normalized spacial score (nSPS) is 26.2. The van der Waals surface area contributed by atoms with Crippen molar-refractivity contribution in [1.82, 2.24) is 20.4 Å². The smallest absolute Gasteiger partial charge is 0.229 e. The Morgan fingerprint density at radius 3 is 2.75 bits per heavy atom. The molecule has 2 fully saturated rings. The van der Waals surface area contributed by atoms with Gasteiger partial charge >= 0.3 is 0 Å². The van der Waals surface area contributed by atoms with Crippen LogP contribution in [0.5, 0.6) is 0 Å². The number of nitrogens with zero attached hydrogens (tertiary/aromatic N) is 3. The van der Waals surface area contributed by atoms with Crippen LogP contribution in [-0.4, -0.2) is 40.7 Å². The van der Waals surface area contributed by atoms with E-state index in [1.807, 2.05) is 0 Å². The van der Waals surface area contributed by atoms with Crippen molar-refractivity contribution in [2.24, 2.45) is 0 Å². The molecule has 1 aromatic rings. The first-order valence-electron chi connectivity index (χ1n) is 8.05. The summed E-state index contributed by atoms with van der Waals surface area (Å²) in [5, 5.41) is 7.68. The van der Waals surface area contributed by atoms with E-state index in [1.165, 1.54) is 12.8 Å². The van der Waals surface area contributed by atoms with Gasteiger partial charge in [-0.1, -0.05) is 11.6 Å². The highest BCUT2D eigenvalue weighted by molar-refractivity contribution is 5.01. The summed E-state index contributed by atoms with van der Waals surface area (Å²) < 4.78 is 5.57. The number of rotatable bonds is 3. The monoisotopic (exact) mass is 278 g/mol. The second kappa shape index (κ2) is 6.22. The zero-order valence-corrected chi connectivity index (χ0v) is 12.6. The van der Waals surface area contributed by atoms with Gasteiger partial charge in [-0.3, -0.25) is 4.90 Å². The third kappa shape index (κ3) is 2.88. The molecule has 1 atom stereocenters. The number of likely N-dealkylation sites (tertiary alicyclic amines) is 1. The molecule has 3 rings (SSSR count). The predicted molar refractivity (Wildman–Crippen MR) is 77.6 cm³/mol. The molecule has 112 valence electrons. The van der Waals surface area contributed by atoms with E-state index in [-0.39, 0.29) is 0 Å². The Morgan fingerprint density at radius 1 is 1.20 bits per heavy atom. The van der Waals surface area contributed by atoms with Crippen LogP contribution in [0, 0.1) is 0 Å². The Kier molecular flexibility index (Phi) is 4.36. The fourth-order valence-corrected chi connectivity index (χ4v) is 3.47. The predicted octanol–water partition coefficient (Wildman–Crippen LogP) is 2.47. The Bertz CT molecular complexity index is 425. The molecule has 20 heavy (non-hydrogen) atoms. The first-order chi connectivity index (χ1) is 9.75. The molecule has 0 aliphatic carbocycles. The summed E-state index contributed by atoms with van der Waals surface area (Å²) in [6, 6.07) is 0.893. The molecule has 1 N–H and O–H groups in total. The lowest BCUT2D eigenvalue weighted by molar-refractivity contribution is 0.104. The van der Waals surface area contributed by atoms with E-state index in [9.17, 15) is 0 Å². The minimum absolute atomic E-state index is 0.350. The zero-order valence-electron chi connectivity index (χ0n) is 12.6. The second-order valence-corrected chi connectivity index (χ2v) is 6.36. The van der Waals surface area contributed by atoms with Crippen LogP contribution in [0.3, 0.4) is 0 Å². The summed E-state index contributed by atoms with van der Waals surface area (Å²) in [7, 11) is 0. The van der Waals surface area contributed by atoms with Crippen LogP contribution in [0.25, 0.3) is 0 Å². The van der Waals surface area contributed by atoms with E-state index in [0.717, 1.165) is 50.6 Å². The highest BCUT2D eigenvalue weighted by atomic mass is 16.5. The van der Waals surface area contributed by atoms with Crippen molar-refractivity contribution in [2.45, 2.75) is 64.0 Å². The van der Waals surface area contributed by atoms with E-state index in [1.54, 1.807) is 0 Å². The lowest BCUT2D eigenvalue weighted by atomic mass is 9.97. The van der Waals surface area contributed by atoms with Gasteiger partial charge in [0.15, 0.2) is 5.82 Å². The minimum atomic E-state index is 0.350. The van der Waals surface area contributed by atoms with E-state index in [0.29, 0.717) is 18.0 Å². The number of hydrogen-bond acceptors (Lipinski definition) is 5. The van der Waals surface area contributed by atoms with Crippen LogP contribution in [0.15, 0.2) is 4.52 Å². The molecule has 2 aliphatic rings. The molecule has 1 aromatic heterocycles. The van der Waals surface area contributed by atoms with Crippen molar-refractivity contribution in [3.8, 4) is 0 Å². The van der Waals surface area contributed by atoms with Gasteiger partial charge < -0.3 is 9.84 Å². The topological polar surface area (TPSA) is 54.2 Å². The van der Waals surface area contributed by atoms with E-state index >= 15 is 0 Å². The van der Waals surface area contributed by atoms with Crippen molar-refractivity contribution in [1.29, 1.82) is 0 Å². The zero-order chi connectivity index (χ0) is 13.9. The van der Waals surface area contributed by atoms with Gasteiger partial charge in [-0.15, -0.1) is 0 Å². The lowest BCUT2D eigenvalue weighted by Gasteiger charge is -2.36. The van der Waals surface area contributed by atoms with Crippen molar-refractivity contribution < 1.29 is 4.52 Å². The molecule has 0 saturated carbocycles. The largest absolute Gasteiger partial charge is 0.339 e. The Balaban J connectivity index is 1.74. The maximum absolute atomic E-state index is 5.57. The average Bonchev–Trinajstić information content (AvgIpc) is 2.98. The van der Waals surface area contributed by atoms with E-state index < -0.39 is 0 Å². The van der Waals surface area contributed by atoms with Gasteiger partial charge in [-0.25, -0.2) is 0 Å². The maximum Gasteiger partial charge on any atom is 0.229 e. The molecule has 5 heteroatoms. The summed E-state index contributed by atoms with van der Waals surface area (Å²) in [4.78, 5) is 7.26. The summed E-state index contributed by atoms with van der Waals surface area (Å²) in [5.41, 5.74) is 0. The Hall–Kier alpha value is -0.940. The standard InChI is InChI=1S/C15H26N4O/c1-11(2)19-10-4-3-5-13(19)14-17-15(20-18-14)12-6-8-16-9-7-12/h11-13,16H,3-10H2,1-2H3. The summed E-state index contributed by atoms with van der Waals surface area (Å²) in [6.45, 7) is 7.78. The van der Waals surface area contributed by atoms with E-state index in [4.69, 9.17) is 9.51 Å². The van der Waals surface area contributed by atoms with Gasteiger partial charge in [-0.2, -0.15) is 4.98 Å². The third-order valence-corrected chi connectivity index (χ3v) is 4.65. The second-order valence-electron chi connectivity index (χ2n) is 6.36. The molecule has 0 radical (unpaired) electrons. The van der Waals surface area contributed by atoms with Gasteiger partial charge in [0.2, 0.25) is 5.89 Å². The molecular formula is C15H26N4O.